The highest BCUT2D eigenvalue weighted by atomic mass is 35.5. The van der Waals surface area contributed by atoms with Gasteiger partial charge in [-0.2, -0.15) is 0 Å². The molecule has 0 unspecified atom stereocenters. The Morgan fingerprint density at radius 1 is 1.19 bits per heavy atom. The second kappa shape index (κ2) is 7.19. The average molecular weight is 248 g/mol. The number of ether oxygens (including phenoxy) is 2. The number of benzene rings is 1. The minimum atomic E-state index is 0. The Bertz CT molecular complexity index is 306. The van der Waals surface area contributed by atoms with Crippen molar-refractivity contribution in [1.29, 1.82) is 0 Å². The van der Waals surface area contributed by atoms with E-state index < -0.39 is 0 Å². The molecule has 0 saturated carbocycles. The molecule has 0 spiro atoms. The number of nitrogens with two attached hydrogens (primary N) is 1. The van der Waals surface area contributed by atoms with Crippen molar-refractivity contribution >= 4 is 12.4 Å². The molecule has 0 aromatic heterocycles. The number of halogens is 1. The van der Waals surface area contributed by atoms with Gasteiger partial charge in [0.25, 0.3) is 0 Å². The number of hydrogen-bond donors (Lipinski definition) is 2. The fraction of sp³-hybridized carbons (Fsp3) is 0.455. The van der Waals surface area contributed by atoms with Gasteiger partial charge in [0.15, 0.2) is 11.5 Å². The molecule has 0 heterocycles. The highest BCUT2D eigenvalue weighted by molar-refractivity contribution is 5.85. The highest BCUT2D eigenvalue weighted by Gasteiger charge is 2.10. The first-order valence-electron chi connectivity index (χ1n) is 4.86. The van der Waals surface area contributed by atoms with Crippen LogP contribution in [0.5, 0.6) is 17.2 Å². The monoisotopic (exact) mass is 247 g/mol. The maximum absolute atomic E-state index is 9.66. The van der Waals surface area contributed by atoms with Gasteiger partial charge >= 0.3 is 0 Å². The van der Waals surface area contributed by atoms with E-state index in [1.54, 1.807) is 12.1 Å². The summed E-state index contributed by atoms with van der Waals surface area (Å²) in [6, 6.07) is 3.60. The van der Waals surface area contributed by atoms with Crippen LogP contribution in [-0.2, 0) is 6.42 Å². The number of aromatic hydroxyl groups is 1. The van der Waals surface area contributed by atoms with Crippen LogP contribution in [0.15, 0.2) is 12.1 Å². The molecule has 0 fully saturated rings. The topological polar surface area (TPSA) is 64.7 Å². The molecule has 5 heteroatoms. The number of phenols is 1. The average Bonchev–Trinajstić information content (AvgIpc) is 2.27. The predicted molar refractivity (Wildman–Crippen MR) is 65.8 cm³/mol. The quantitative estimate of drug-likeness (QED) is 0.832. The van der Waals surface area contributed by atoms with Crippen LogP contribution in [0.3, 0.4) is 0 Å². The van der Waals surface area contributed by atoms with Crippen LogP contribution in [0.4, 0.5) is 0 Å². The van der Waals surface area contributed by atoms with Crippen molar-refractivity contribution in [2.75, 3.05) is 20.8 Å². The molecule has 4 nitrogen and oxygen atoms in total. The van der Waals surface area contributed by atoms with Gasteiger partial charge < -0.3 is 20.3 Å². The molecule has 1 aromatic carbocycles. The third-order valence-corrected chi connectivity index (χ3v) is 2.21. The zero-order valence-electron chi connectivity index (χ0n) is 9.53. The van der Waals surface area contributed by atoms with Gasteiger partial charge in [-0.1, -0.05) is 0 Å². The number of phenolic OH excluding ortho intramolecular Hbond substituents is 1. The van der Waals surface area contributed by atoms with Gasteiger partial charge in [0.2, 0.25) is 5.75 Å². The maximum atomic E-state index is 9.66. The molecule has 0 amide bonds. The van der Waals surface area contributed by atoms with Crippen LogP contribution in [0.1, 0.15) is 12.0 Å². The van der Waals surface area contributed by atoms with Crippen molar-refractivity contribution in [3.8, 4) is 17.2 Å². The molecule has 3 N–H and O–H groups in total. The molecule has 0 aliphatic rings. The standard InChI is InChI=1S/C11H17NO3.ClH/c1-14-9-6-8(4-3-5-12)7-10(15-2)11(9)13;/h6-7,13H,3-5,12H2,1-2H3;1H. The number of aryl methyl sites for hydroxylation is 1. The third-order valence-electron chi connectivity index (χ3n) is 2.21. The summed E-state index contributed by atoms with van der Waals surface area (Å²) < 4.78 is 10.1. The summed E-state index contributed by atoms with van der Waals surface area (Å²) in [6.45, 7) is 0.644. The van der Waals surface area contributed by atoms with Crippen LogP contribution < -0.4 is 15.2 Å². The Morgan fingerprint density at radius 3 is 2.06 bits per heavy atom. The zero-order valence-corrected chi connectivity index (χ0v) is 10.3. The molecule has 16 heavy (non-hydrogen) atoms. The van der Waals surface area contributed by atoms with Crippen LogP contribution in [0, 0.1) is 0 Å². The lowest BCUT2D eigenvalue weighted by atomic mass is 10.1. The smallest absolute Gasteiger partial charge is 0.200 e. The minimum Gasteiger partial charge on any atom is -0.502 e. The van der Waals surface area contributed by atoms with E-state index in [1.807, 2.05) is 0 Å². The molecule has 0 radical (unpaired) electrons. The second-order valence-corrected chi connectivity index (χ2v) is 3.24. The summed E-state index contributed by atoms with van der Waals surface area (Å²) in [4.78, 5) is 0. The first-order chi connectivity index (χ1) is 7.22. The van der Waals surface area contributed by atoms with E-state index in [2.05, 4.69) is 0 Å². The van der Waals surface area contributed by atoms with Gasteiger partial charge in [-0.05, 0) is 37.1 Å². The summed E-state index contributed by atoms with van der Waals surface area (Å²) >= 11 is 0. The third kappa shape index (κ3) is 3.47. The second-order valence-electron chi connectivity index (χ2n) is 3.24. The van der Waals surface area contributed by atoms with Crippen molar-refractivity contribution in [2.45, 2.75) is 12.8 Å². The largest absolute Gasteiger partial charge is 0.502 e. The van der Waals surface area contributed by atoms with Gasteiger partial charge in [0.05, 0.1) is 14.2 Å². The Labute approximate surface area is 102 Å². The van der Waals surface area contributed by atoms with Crippen LogP contribution in [0.25, 0.3) is 0 Å². The Kier molecular flexibility index (Phi) is 6.69. The van der Waals surface area contributed by atoms with E-state index in [-0.39, 0.29) is 18.2 Å². The number of hydrogen-bond acceptors (Lipinski definition) is 4. The van der Waals surface area contributed by atoms with Crippen molar-refractivity contribution in [2.24, 2.45) is 5.73 Å². The fourth-order valence-corrected chi connectivity index (χ4v) is 1.40. The molecule has 0 aliphatic carbocycles. The van der Waals surface area contributed by atoms with E-state index in [1.165, 1.54) is 14.2 Å². The lowest BCUT2D eigenvalue weighted by Crippen LogP contribution is -2.01. The maximum Gasteiger partial charge on any atom is 0.200 e. The summed E-state index contributed by atoms with van der Waals surface area (Å²) in [5.74, 6) is 0.902. The van der Waals surface area contributed by atoms with Gasteiger partial charge in [0, 0.05) is 0 Å². The summed E-state index contributed by atoms with van der Waals surface area (Å²) in [5, 5.41) is 9.66. The summed E-state index contributed by atoms with van der Waals surface area (Å²) in [5.41, 5.74) is 6.48. The molecule has 1 rings (SSSR count). The minimum absolute atomic E-state index is 0. The van der Waals surface area contributed by atoms with E-state index in [0.29, 0.717) is 18.0 Å². The van der Waals surface area contributed by atoms with Crippen LogP contribution >= 0.6 is 12.4 Å². The highest BCUT2D eigenvalue weighted by Crippen LogP contribution is 2.37. The van der Waals surface area contributed by atoms with E-state index in [4.69, 9.17) is 15.2 Å². The summed E-state index contributed by atoms with van der Waals surface area (Å²) in [6.07, 6.45) is 1.75. The van der Waals surface area contributed by atoms with Gasteiger partial charge in [-0.15, -0.1) is 12.4 Å². The molecular formula is C11H18ClNO3. The SMILES string of the molecule is COc1cc(CCCN)cc(OC)c1O.Cl. The first-order valence-corrected chi connectivity index (χ1v) is 4.86. The molecule has 0 aliphatic heterocycles. The van der Waals surface area contributed by atoms with E-state index >= 15 is 0 Å². The van der Waals surface area contributed by atoms with Gasteiger partial charge in [-0.3, -0.25) is 0 Å². The van der Waals surface area contributed by atoms with E-state index in [9.17, 15) is 5.11 Å². The first kappa shape index (κ1) is 14.9. The molecule has 0 bridgehead atoms. The molecule has 92 valence electrons. The van der Waals surface area contributed by atoms with Crippen molar-refractivity contribution in [1.82, 2.24) is 0 Å². The lowest BCUT2D eigenvalue weighted by Gasteiger charge is -2.10. The van der Waals surface area contributed by atoms with Crippen molar-refractivity contribution in [3.63, 3.8) is 0 Å². The van der Waals surface area contributed by atoms with Gasteiger partial charge in [-0.25, -0.2) is 0 Å². The lowest BCUT2D eigenvalue weighted by molar-refractivity contribution is 0.339. The van der Waals surface area contributed by atoms with Crippen molar-refractivity contribution < 1.29 is 14.6 Å². The predicted octanol–water partition coefficient (Wildman–Crippen LogP) is 1.72. The van der Waals surface area contributed by atoms with E-state index in [0.717, 1.165) is 18.4 Å². The molecule has 0 atom stereocenters. The molecule has 1 aromatic rings. The van der Waals surface area contributed by atoms with Crippen molar-refractivity contribution in [3.05, 3.63) is 17.7 Å². The normalized spacial score (nSPS) is 9.44. The molecule has 0 saturated heterocycles. The number of rotatable bonds is 5. The molecular weight excluding hydrogens is 230 g/mol. The Hall–Kier alpha value is -1.13. The van der Waals surface area contributed by atoms with Crippen LogP contribution in [0.2, 0.25) is 0 Å². The van der Waals surface area contributed by atoms with Gasteiger partial charge in [0.1, 0.15) is 0 Å². The Balaban J connectivity index is 0.00000225. The van der Waals surface area contributed by atoms with Crippen LogP contribution in [-0.4, -0.2) is 25.9 Å². The zero-order chi connectivity index (χ0) is 11.3. The fourth-order valence-electron chi connectivity index (χ4n) is 1.40. The Morgan fingerprint density at radius 2 is 1.69 bits per heavy atom. The number of methoxy groups -OCH3 is 2. The summed E-state index contributed by atoms with van der Waals surface area (Å²) in [7, 11) is 3.03.